The zero-order chi connectivity index (χ0) is 16.9. The second kappa shape index (κ2) is 7.67. The molecule has 126 valence electrons. The van der Waals surface area contributed by atoms with E-state index < -0.39 is 0 Å². The van der Waals surface area contributed by atoms with Gasteiger partial charge in [-0.15, -0.1) is 0 Å². The maximum Gasteiger partial charge on any atom is 0.173 e. The van der Waals surface area contributed by atoms with E-state index >= 15 is 0 Å². The molecule has 1 aliphatic rings. The number of hydrogen-bond donors (Lipinski definition) is 1. The van der Waals surface area contributed by atoms with Crippen molar-refractivity contribution in [2.45, 2.75) is 32.4 Å². The molecule has 24 heavy (non-hydrogen) atoms. The summed E-state index contributed by atoms with van der Waals surface area (Å²) in [5.74, 6) is 1.58. The smallest absolute Gasteiger partial charge is 0.173 e. The lowest BCUT2D eigenvalue weighted by molar-refractivity contribution is 0.298. The van der Waals surface area contributed by atoms with Crippen LogP contribution < -0.4 is 10.1 Å². The Bertz CT molecular complexity index is 685. The molecule has 4 heteroatoms. The molecule has 1 fully saturated rings. The van der Waals surface area contributed by atoms with Crippen molar-refractivity contribution in [1.82, 2.24) is 4.90 Å². The first kappa shape index (κ1) is 16.8. The van der Waals surface area contributed by atoms with Crippen LogP contribution in [-0.2, 0) is 6.54 Å². The van der Waals surface area contributed by atoms with Crippen LogP contribution in [0.1, 0.15) is 25.3 Å². The van der Waals surface area contributed by atoms with Gasteiger partial charge in [0.2, 0.25) is 0 Å². The van der Waals surface area contributed by atoms with Crippen LogP contribution in [-0.4, -0.2) is 23.2 Å². The van der Waals surface area contributed by atoms with Crippen LogP contribution in [0.15, 0.2) is 54.6 Å². The molecule has 2 aromatic rings. The molecule has 0 saturated heterocycles. The van der Waals surface area contributed by atoms with Crippen molar-refractivity contribution in [3.05, 3.63) is 60.2 Å². The second-order valence-corrected chi connectivity index (χ2v) is 6.74. The maximum absolute atomic E-state index is 5.73. The third kappa shape index (κ3) is 4.26. The number of thiocarbonyl (C=S) groups is 1. The fourth-order valence-electron chi connectivity index (χ4n) is 2.91. The molecule has 0 aliphatic heterocycles. The van der Waals surface area contributed by atoms with E-state index in [2.05, 4.69) is 41.4 Å². The number of ether oxygens (including phenoxy) is 1. The summed E-state index contributed by atoms with van der Waals surface area (Å²) in [7, 11) is 1.67. The first-order valence-electron chi connectivity index (χ1n) is 8.43. The molecule has 3 rings (SSSR count). The lowest BCUT2D eigenvalue weighted by Gasteiger charge is -2.32. The van der Waals surface area contributed by atoms with Gasteiger partial charge in [0.15, 0.2) is 5.11 Å². The molecule has 0 aromatic heterocycles. The third-order valence-corrected chi connectivity index (χ3v) is 4.91. The summed E-state index contributed by atoms with van der Waals surface area (Å²) in [6.45, 7) is 3.11. The Kier molecular flexibility index (Phi) is 5.36. The van der Waals surface area contributed by atoms with E-state index in [4.69, 9.17) is 17.0 Å². The van der Waals surface area contributed by atoms with Gasteiger partial charge in [0.1, 0.15) is 5.75 Å². The van der Waals surface area contributed by atoms with Crippen molar-refractivity contribution in [3.63, 3.8) is 0 Å². The Morgan fingerprint density at radius 1 is 1.21 bits per heavy atom. The number of nitrogens with one attached hydrogen (secondary N) is 1. The second-order valence-electron chi connectivity index (χ2n) is 6.35. The topological polar surface area (TPSA) is 24.5 Å². The Hall–Kier alpha value is -2.07. The van der Waals surface area contributed by atoms with Gasteiger partial charge in [0, 0.05) is 24.3 Å². The van der Waals surface area contributed by atoms with Crippen molar-refractivity contribution >= 4 is 23.0 Å². The highest BCUT2D eigenvalue weighted by Gasteiger charge is 2.33. The summed E-state index contributed by atoms with van der Waals surface area (Å²) in [5, 5.41) is 4.15. The molecule has 1 atom stereocenters. The summed E-state index contributed by atoms with van der Waals surface area (Å²) in [6, 6.07) is 18.8. The molecule has 0 radical (unpaired) electrons. The molecular weight excluding hydrogens is 316 g/mol. The van der Waals surface area contributed by atoms with E-state index in [1.165, 1.54) is 18.4 Å². The molecule has 0 bridgehead atoms. The predicted molar refractivity (Wildman–Crippen MR) is 103 cm³/mol. The Morgan fingerprint density at radius 3 is 2.62 bits per heavy atom. The minimum absolute atomic E-state index is 0.441. The van der Waals surface area contributed by atoms with Crippen LogP contribution >= 0.6 is 12.2 Å². The standard InChI is InChI=1S/C20H24N2OS/c1-15(17-11-12-17)22(14-16-7-4-3-5-8-16)20(24)21-18-9-6-10-19(13-18)23-2/h3-10,13,15,17H,11-12,14H2,1-2H3,(H,21,24). The van der Waals surface area contributed by atoms with Gasteiger partial charge in [-0.2, -0.15) is 0 Å². The van der Waals surface area contributed by atoms with Crippen molar-refractivity contribution in [2.75, 3.05) is 12.4 Å². The summed E-state index contributed by atoms with van der Waals surface area (Å²) in [4.78, 5) is 2.31. The molecule has 1 N–H and O–H groups in total. The van der Waals surface area contributed by atoms with Crippen molar-refractivity contribution in [2.24, 2.45) is 5.92 Å². The maximum atomic E-state index is 5.73. The van der Waals surface area contributed by atoms with Gasteiger partial charge < -0.3 is 15.0 Å². The van der Waals surface area contributed by atoms with Gasteiger partial charge in [0.25, 0.3) is 0 Å². The van der Waals surface area contributed by atoms with E-state index in [0.29, 0.717) is 6.04 Å². The predicted octanol–water partition coefficient (Wildman–Crippen LogP) is 4.69. The number of benzene rings is 2. The zero-order valence-electron chi connectivity index (χ0n) is 14.2. The summed E-state index contributed by atoms with van der Waals surface area (Å²) in [5.41, 5.74) is 2.24. The monoisotopic (exact) mass is 340 g/mol. The Labute approximate surface area is 149 Å². The molecule has 0 heterocycles. The summed E-state index contributed by atoms with van der Waals surface area (Å²) >= 11 is 5.73. The highest BCUT2D eigenvalue weighted by molar-refractivity contribution is 7.80. The lowest BCUT2D eigenvalue weighted by atomic mass is 10.1. The van der Waals surface area contributed by atoms with Crippen molar-refractivity contribution in [3.8, 4) is 5.75 Å². The van der Waals surface area contributed by atoms with Crippen LogP contribution in [0.3, 0.4) is 0 Å². The minimum atomic E-state index is 0.441. The van der Waals surface area contributed by atoms with E-state index in [1.54, 1.807) is 7.11 Å². The molecule has 3 nitrogen and oxygen atoms in total. The highest BCUT2D eigenvalue weighted by atomic mass is 32.1. The third-order valence-electron chi connectivity index (χ3n) is 4.57. The fourth-order valence-corrected chi connectivity index (χ4v) is 3.26. The van der Waals surface area contributed by atoms with Crippen LogP contribution in [0.25, 0.3) is 0 Å². The molecule has 1 aliphatic carbocycles. The van der Waals surface area contributed by atoms with Crippen LogP contribution in [0, 0.1) is 5.92 Å². The van der Waals surface area contributed by atoms with E-state index in [1.807, 2.05) is 30.3 Å². The van der Waals surface area contributed by atoms with Gasteiger partial charge in [-0.3, -0.25) is 0 Å². The van der Waals surface area contributed by atoms with Crippen LogP contribution in [0.2, 0.25) is 0 Å². The first-order valence-corrected chi connectivity index (χ1v) is 8.84. The molecular formula is C20H24N2OS. The quantitative estimate of drug-likeness (QED) is 0.771. The molecule has 0 spiro atoms. The summed E-state index contributed by atoms with van der Waals surface area (Å²) < 4.78 is 5.29. The normalized spacial score (nSPS) is 14.8. The Morgan fingerprint density at radius 2 is 1.96 bits per heavy atom. The van der Waals surface area contributed by atoms with Gasteiger partial charge in [-0.05, 0) is 55.6 Å². The average molecular weight is 340 g/mol. The largest absolute Gasteiger partial charge is 0.497 e. The number of hydrogen-bond acceptors (Lipinski definition) is 2. The van der Waals surface area contributed by atoms with Crippen LogP contribution in [0.5, 0.6) is 5.75 Å². The van der Waals surface area contributed by atoms with Gasteiger partial charge in [-0.1, -0.05) is 36.4 Å². The minimum Gasteiger partial charge on any atom is -0.497 e. The number of anilines is 1. The SMILES string of the molecule is COc1cccc(NC(=S)N(Cc2ccccc2)C(C)C2CC2)c1. The zero-order valence-corrected chi connectivity index (χ0v) is 15.1. The Balaban J connectivity index is 1.74. The van der Waals surface area contributed by atoms with E-state index in [-0.39, 0.29) is 0 Å². The number of rotatable bonds is 6. The number of methoxy groups -OCH3 is 1. The van der Waals surface area contributed by atoms with E-state index in [0.717, 1.165) is 29.0 Å². The van der Waals surface area contributed by atoms with Gasteiger partial charge in [0.05, 0.1) is 7.11 Å². The van der Waals surface area contributed by atoms with Crippen LogP contribution in [0.4, 0.5) is 5.69 Å². The van der Waals surface area contributed by atoms with Gasteiger partial charge >= 0.3 is 0 Å². The summed E-state index contributed by atoms with van der Waals surface area (Å²) in [6.07, 6.45) is 2.60. The highest BCUT2D eigenvalue weighted by Crippen LogP contribution is 2.36. The van der Waals surface area contributed by atoms with Crippen molar-refractivity contribution < 1.29 is 4.74 Å². The molecule has 2 aromatic carbocycles. The van der Waals surface area contributed by atoms with E-state index in [9.17, 15) is 0 Å². The lowest BCUT2D eigenvalue weighted by Crippen LogP contribution is -2.41. The molecule has 1 saturated carbocycles. The first-order chi connectivity index (χ1) is 11.7. The molecule has 1 unspecified atom stereocenters. The number of nitrogens with zero attached hydrogens (tertiary/aromatic N) is 1. The average Bonchev–Trinajstić information content (AvgIpc) is 3.45. The molecule has 0 amide bonds. The fraction of sp³-hybridized carbons (Fsp3) is 0.350. The van der Waals surface area contributed by atoms with Crippen molar-refractivity contribution in [1.29, 1.82) is 0 Å². The van der Waals surface area contributed by atoms with Gasteiger partial charge in [-0.25, -0.2) is 0 Å².